The maximum absolute atomic E-state index is 14.4. The summed E-state index contributed by atoms with van der Waals surface area (Å²) < 4.78 is 29.4. The third kappa shape index (κ3) is 14.3. The second kappa shape index (κ2) is 25.1. The number of carbonyl (C=O) groups excluding carboxylic acids is 5. The van der Waals surface area contributed by atoms with E-state index in [4.69, 9.17) is 23.7 Å². The van der Waals surface area contributed by atoms with Crippen molar-refractivity contribution in [2.45, 2.75) is 180 Å². The molecule has 14 heteroatoms. The standard InChI is InChI=1S/C51H79NO13/c1-30-16-12-11-13-17-31(2)42(61-8)28-38-21-19-36(7)51(60,65-38)48(57)49(58)52-23-15-14-18-39(52)50(59)64-43(33(4)26-37-20-22-40(53)44(27-37)62-9)29-41(54)32(3)25-35(6)46(56)47(63-10)45(55)34(5)24-30/h11-13,16-17,25,30,32-34,36-40,42-44,46-47,53,56,60H,14-15,18-24,26-29H2,1-10H3/b13-11-,16-12-,31-17-,35-25-/t30?,32?,33?,34?,36?,37?,38?,39?,40?,42?,43?,44?,46?,47?,51-/m0/s1. The number of rotatable bonds is 6. The first kappa shape index (κ1) is 54.2. The van der Waals surface area contributed by atoms with Crippen molar-refractivity contribution in [3.05, 3.63) is 47.6 Å². The molecule has 65 heavy (non-hydrogen) atoms. The minimum Gasteiger partial charge on any atom is -0.460 e. The van der Waals surface area contributed by atoms with Gasteiger partial charge in [0.2, 0.25) is 5.79 Å². The quantitative estimate of drug-likeness (QED) is 0.156. The SMILES string of the molecule is COC1CC2CCC(C)[C@](O)(O2)C(=O)C(=O)N2CCCCC2C(=O)OC(C(C)CC2CCC(O)C(OC)C2)CC(=O)C(C)/C=C(/C)C(O)C(OC)C(=O)C(C)CC(C)\C=C/C=C\C=C/1C. The van der Waals surface area contributed by atoms with E-state index in [1.165, 1.54) is 12.0 Å². The van der Waals surface area contributed by atoms with Gasteiger partial charge in [0, 0.05) is 58.5 Å². The Labute approximate surface area is 387 Å². The molecule has 0 aromatic heterocycles. The summed E-state index contributed by atoms with van der Waals surface area (Å²) in [7, 11) is 4.52. The van der Waals surface area contributed by atoms with Gasteiger partial charge in [-0.25, -0.2) is 4.79 Å². The van der Waals surface area contributed by atoms with Gasteiger partial charge in [0.25, 0.3) is 11.7 Å². The van der Waals surface area contributed by atoms with Crippen LogP contribution in [0.15, 0.2) is 47.6 Å². The van der Waals surface area contributed by atoms with Crippen LogP contribution in [0.1, 0.15) is 126 Å². The van der Waals surface area contributed by atoms with E-state index in [-0.39, 0.29) is 54.8 Å². The van der Waals surface area contributed by atoms with Crippen molar-refractivity contribution in [2.75, 3.05) is 27.9 Å². The van der Waals surface area contributed by atoms with Gasteiger partial charge >= 0.3 is 5.97 Å². The maximum atomic E-state index is 14.4. The summed E-state index contributed by atoms with van der Waals surface area (Å²) in [5, 5.41) is 33.8. The van der Waals surface area contributed by atoms with Crippen LogP contribution in [0.4, 0.5) is 0 Å². The molecule has 3 fully saturated rings. The highest BCUT2D eigenvalue weighted by Crippen LogP contribution is 2.38. The van der Waals surface area contributed by atoms with Crippen LogP contribution in [0.25, 0.3) is 0 Å². The van der Waals surface area contributed by atoms with Crippen molar-refractivity contribution in [3.8, 4) is 0 Å². The number of ether oxygens (including phenoxy) is 5. The van der Waals surface area contributed by atoms with E-state index >= 15 is 0 Å². The lowest BCUT2D eigenvalue weighted by molar-refractivity contribution is -0.265. The summed E-state index contributed by atoms with van der Waals surface area (Å²) in [6.45, 7) is 12.7. The molecule has 0 aromatic rings. The fourth-order valence-corrected chi connectivity index (χ4v) is 10.1. The number of esters is 1. The lowest BCUT2D eigenvalue weighted by Gasteiger charge is -2.42. The van der Waals surface area contributed by atoms with Crippen LogP contribution in [0, 0.1) is 35.5 Å². The molecule has 4 aliphatic rings. The van der Waals surface area contributed by atoms with Gasteiger partial charge in [0.1, 0.15) is 30.1 Å². The van der Waals surface area contributed by atoms with Crippen LogP contribution >= 0.6 is 0 Å². The minimum atomic E-state index is -2.43. The zero-order chi connectivity index (χ0) is 48.2. The Kier molecular flexibility index (Phi) is 21.0. The van der Waals surface area contributed by atoms with Crippen molar-refractivity contribution in [1.29, 1.82) is 0 Å². The van der Waals surface area contributed by atoms with Crippen molar-refractivity contribution in [1.82, 2.24) is 4.90 Å². The summed E-state index contributed by atoms with van der Waals surface area (Å²) in [4.78, 5) is 71.8. The Morgan fingerprint density at radius 3 is 2.25 bits per heavy atom. The van der Waals surface area contributed by atoms with E-state index in [0.29, 0.717) is 63.4 Å². The monoisotopic (exact) mass is 914 g/mol. The number of allylic oxidation sites excluding steroid dienone is 6. The third-order valence-corrected chi connectivity index (χ3v) is 14.5. The number of piperidine rings is 1. The molecule has 1 saturated carbocycles. The lowest BCUT2D eigenvalue weighted by Crippen LogP contribution is -2.61. The number of amides is 1. The van der Waals surface area contributed by atoms with Crippen molar-refractivity contribution < 1.29 is 63.0 Å². The first-order chi connectivity index (χ1) is 30.7. The zero-order valence-corrected chi connectivity index (χ0v) is 40.6. The van der Waals surface area contributed by atoms with Crippen LogP contribution in [-0.4, -0.2) is 132 Å². The number of hydrogen-bond acceptors (Lipinski definition) is 13. The fraction of sp³-hybridized carbons (Fsp3) is 0.745. The molecule has 1 amide bonds. The average Bonchev–Trinajstić information content (AvgIpc) is 3.28. The number of fused-ring (bicyclic) bond motifs is 3. The van der Waals surface area contributed by atoms with Crippen LogP contribution in [0.2, 0.25) is 0 Å². The molecule has 0 spiro atoms. The number of aliphatic hydroxyl groups excluding tert-OH is 2. The van der Waals surface area contributed by atoms with E-state index < -0.39 is 83.9 Å². The number of aliphatic hydroxyl groups is 3. The molecule has 2 saturated heterocycles. The first-order valence-electron chi connectivity index (χ1n) is 23.9. The maximum Gasteiger partial charge on any atom is 0.329 e. The largest absolute Gasteiger partial charge is 0.460 e. The van der Waals surface area contributed by atoms with Crippen molar-refractivity contribution in [3.63, 3.8) is 0 Å². The second-order valence-corrected chi connectivity index (χ2v) is 19.6. The van der Waals surface area contributed by atoms with Crippen LogP contribution in [0.5, 0.6) is 0 Å². The topological polar surface area (TPSA) is 195 Å². The number of methoxy groups -OCH3 is 3. The van der Waals surface area contributed by atoms with Gasteiger partial charge in [-0.05, 0) is 107 Å². The summed E-state index contributed by atoms with van der Waals surface area (Å²) in [6, 6.07) is -1.14. The minimum absolute atomic E-state index is 0.0193. The first-order valence-corrected chi connectivity index (χ1v) is 23.9. The van der Waals surface area contributed by atoms with E-state index in [0.717, 1.165) is 12.0 Å². The average molecular weight is 914 g/mol. The summed E-state index contributed by atoms with van der Waals surface area (Å²) >= 11 is 0. The third-order valence-electron chi connectivity index (χ3n) is 14.5. The number of nitrogens with zero attached hydrogens (tertiary/aromatic N) is 1. The smallest absolute Gasteiger partial charge is 0.329 e. The Balaban J connectivity index is 1.70. The molecular weight excluding hydrogens is 835 g/mol. The molecule has 0 radical (unpaired) electrons. The van der Waals surface area contributed by atoms with Crippen molar-refractivity contribution in [2.24, 2.45) is 35.5 Å². The normalized spacial score (nSPS) is 40.4. The number of cyclic esters (lactones) is 1. The van der Waals surface area contributed by atoms with E-state index in [1.54, 1.807) is 41.1 Å². The van der Waals surface area contributed by atoms with Gasteiger partial charge < -0.3 is 43.9 Å². The highest BCUT2D eigenvalue weighted by Gasteiger charge is 2.53. The van der Waals surface area contributed by atoms with Crippen molar-refractivity contribution >= 4 is 29.2 Å². The molecule has 15 atom stereocenters. The number of carbonyl (C=O) groups is 5. The van der Waals surface area contributed by atoms with E-state index in [1.807, 2.05) is 58.1 Å². The molecule has 3 N–H and O–H groups in total. The predicted molar refractivity (Wildman–Crippen MR) is 245 cm³/mol. The highest BCUT2D eigenvalue weighted by atomic mass is 16.6. The van der Waals surface area contributed by atoms with Crippen LogP contribution in [0.3, 0.4) is 0 Å². The molecule has 2 bridgehead atoms. The lowest BCUT2D eigenvalue weighted by atomic mass is 9.78. The Bertz CT molecular complexity index is 1760. The zero-order valence-electron chi connectivity index (χ0n) is 40.6. The predicted octanol–water partition coefficient (Wildman–Crippen LogP) is 6.18. The van der Waals surface area contributed by atoms with Gasteiger partial charge in [-0.1, -0.05) is 71.1 Å². The molecular formula is C51H79NO13. The summed E-state index contributed by atoms with van der Waals surface area (Å²) in [5.74, 6) is -7.96. The highest BCUT2D eigenvalue weighted by molar-refractivity contribution is 6.39. The van der Waals surface area contributed by atoms with Gasteiger partial charge in [0.15, 0.2) is 5.78 Å². The Morgan fingerprint density at radius 1 is 0.846 bits per heavy atom. The number of hydrogen-bond donors (Lipinski definition) is 3. The van der Waals surface area contributed by atoms with Crippen LogP contribution in [-0.2, 0) is 47.7 Å². The molecule has 0 aromatic carbocycles. The van der Waals surface area contributed by atoms with Gasteiger partial charge in [-0.2, -0.15) is 0 Å². The second-order valence-electron chi connectivity index (χ2n) is 19.6. The molecule has 3 heterocycles. The molecule has 14 nitrogen and oxygen atoms in total. The van der Waals surface area contributed by atoms with Gasteiger partial charge in [0.05, 0.1) is 24.4 Å². The van der Waals surface area contributed by atoms with E-state index in [9.17, 15) is 39.3 Å². The number of ketones is 3. The molecule has 4 rings (SSSR count). The molecule has 3 aliphatic heterocycles. The Hall–Kier alpha value is -3.37. The fourth-order valence-electron chi connectivity index (χ4n) is 10.1. The number of Topliss-reactive ketones (excluding diaryl/α,β-unsaturated/α-hetero) is 3. The molecule has 14 unspecified atom stereocenters. The van der Waals surface area contributed by atoms with Gasteiger partial charge in [-0.3, -0.25) is 19.2 Å². The van der Waals surface area contributed by atoms with Crippen LogP contribution < -0.4 is 0 Å². The van der Waals surface area contributed by atoms with Gasteiger partial charge in [-0.15, -0.1) is 0 Å². The van der Waals surface area contributed by atoms with E-state index in [2.05, 4.69) is 0 Å². The molecule has 1 aliphatic carbocycles. The molecule has 366 valence electrons. The summed E-state index contributed by atoms with van der Waals surface area (Å²) in [5.41, 5.74) is 1.27. The Morgan fingerprint density at radius 2 is 1.57 bits per heavy atom. The summed E-state index contributed by atoms with van der Waals surface area (Å²) in [6.07, 6.45) is 11.2.